The molecule has 1 aromatic carbocycles. The average Bonchev–Trinajstić information content (AvgIpc) is 2.90. The van der Waals surface area contributed by atoms with Crippen molar-refractivity contribution in [1.82, 2.24) is 5.32 Å². The van der Waals surface area contributed by atoms with Crippen LogP contribution in [0.1, 0.15) is 33.9 Å². The van der Waals surface area contributed by atoms with E-state index in [4.69, 9.17) is 5.26 Å². The first-order chi connectivity index (χ1) is 10.1. The Bertz CT molecular complexity index is 612. The third-order valence-corrected chi connectivity index (χ3v) is 4.41. The van der Waals surface area contributed by atoms with Crippen molar-refractivity contribution in [2.24, 2.45) is 0 Å². The van der Waals surface area contributed by atoms with Gasteiger partial charge in [-0.3, -0.25) is 0 Å². The summed E-state index contributed by atoms with van der Waals surface area (Å²) < 4.78 is 0. The number of aryl methyl sites for hydroxylation is 1. The SMILES string of the molecule is Cc1ccc(CC(C)NCC(O)c2ccc(C#N)cc2)s1. The van der Waals surface area contributed by atoms with E-state index in [1.54, 1.807) is 24.3 Å². The molecule has 0 aliphatic carbocycles. The normalized spacial score (nSPS) is 13.6. The topological polar surface area (TPSA) is 56.0 Å². The Kier molecular flexibility index (Phi) is 5.51. The van der Waals surface area contributed by atoms with Gasteiger partial charge in [-0.25, -0.2) is 0 Å². The highest BCUT2D eigenvalue weighted by Crippen LogP contribution is 2.17. The maximum Gasteiger partial charge on any atom is 0.0991 e. The lowest BCUT2D eigenvalue weighted by molar-refractivity contribution is 0.170. The molecule has 0 saturated heterocycles. The number of aliphatic hydroxyl groups excluding tert-OH is 1. The lowest BCUT2D eigenvalue weighted by atomic mass is 10.1. The van der Waals surface area contributed by atoms with Crippen LogP contribution in [-0.4, -0.2) is 17.7 Å². The number of nitriles is 1. The van der Waals surface area contributed by atoms with E-state index in [0.717, 1.165) is 12.0 Å². The summed E-state index contributed by atoms with van der Waals surface area (Å²) in [7, 11) is 0. The minimum absolute atomic E-state index is 0.316. The number of hydrogen-bond donors (Lipinski definition) is 2. The smallest absolute Gasteiger partial charge is 0.0991 e. The molecule has 2 unspecified atom stereocenters. The number of nitrogens with one attached hydrogen (secondary N) is 1. The van der Waals surface area contributed by atoms with Crippen molar-refractivity contribution in [3.63, 3.8) is 0 Å². The van der Waals surface area contributed by atoms with Gasteiger partial charge in [0, 0.05) is 22.3 Å². The van der Waals surface area contributed by atoms with E-state index in [0.29, 0.717) is 18.2 Å². The summed E-state index contributed by atoms with van der Waals surface area (Å²) in [6.45, 7) is 4.75. The monoisotopic (exact) mass is 300 g/mol. The summed E-state index contributed by atoms with van der Waals surface area (Å²) in [6, 6.07) is 13.8. The first-order valence-corrected chi connectivity index (χ1v) is 7.87. The first-order valence-electron chi connectivity index (χ1n) is 7.05. The van der Waals surface area contributed by atoms with Crippen molar-refractivity contribution in [2.75, 3.05) is 6.54 Å². The molecule has 0 aliphatic rings. The molecule has 0 amide bonds. The highest BCUT2D eigenvalue weighted by molar-refractivity contribution is 7.11. The molecule has 0 aliphatic heterocycles. The fraction of sp³-hybridized carbons (Fsp3) is 0.353. The molecule has 2 aromatic rings. The van der Waals surface area contributed by atoms with E-state index >= 15 is 0 Å². The zero-order valence-electron chi connectivity index (χ0n) is 12.3. The number of nitrogens with zero attached hydrogens (tertiary/aromatic N) is 1. The van der Waals surface area contributed by atoms with Gasteiger partial charge >= 0.3 is 0 Å². The van der Waals surface area contributed by atoms with Crippen molar-refractivity contribution >= 4 is 11.3 Å². The van der Waals surface area contributed by atoms with Gasteiger partial charge in [0.05, 0.1) is 17.7 Å². The standard InChI is InChI=1S/C17H20N2OS/c1-12(9-16-8-3-13(2)21-16)19-11-17(20)15-6-4-14(10-18)5-7-15/h3-8,12,17,19-20H,9,11H2,1-2H3. The fourth-order valence-corrected chi connectivity index (χ4v) is 3.20. The number of aliphatic hydroxyl groups is 1. The maximum atomic E-state index is 10.2. The maximum absolute atomic E-state index is 10.2. The summed E-state index contributed by atoms with van der Waals surface area (Å²) >= 11 is 1.82. The Hall–Kier alpha value is -1.67. The van der Waals surface area contributed by atoms with E-state index in [1.807, 2.05) is 11.3 Å². The average molecular weight is 300 g/mol. The zero-order valence-corrected chi connectivity index (χ0v) is 13.2. The molecular formula is C17H20N2OS. The van der Waals surface area contributed by atoms with Gasteiger partial charge in [-0.1, -0.05) is 12.1 Å². The first kappa shape index (κ1) is 15.7. The van der Waals surface area contributed by atoms with Crippen LogP contribution in [-0.2, 0) is 6.42 Å². The number of rotatable bonds is 6. The molecule has 21 heavy (non-hydrogen) atoms. The van der Waals surface area contributed by atoms with Crippen LogP contribution in [0.3, 0.4) is 0 Å². The molecular weight excluding hydrogens is 280 g/mol. The second kappa shape index (κ2) is 7.37. The van der Waals surface area contributed by atoms with E-state index in [-0.39, 0.29) is 0 Å². The van der Waals surface area contributed by atoms with Crippen LogP contribution in [0.5, 0.6) is 0 Å². The predicted octanol–water partition coefficient (Wildman–Crippen LogP) is 3.18. The molecule has 0 bridgehead atoms. The summed E-state index contributed by atoms with van der Waals surface area (Å²) in [6.07, 6.45) is 0.420. The molecule has 0 spiro atoms. The Morgan fingerprint density at radius 1 is 1.24 bits per heavy atom. The third-order valence-electron chi connectivity index (χ3n) is 3.39. The van der Waals surface area contributed by atoms with Gasteiger partial charge in [0.25, 0.3) is 0 Å². The highest BCUT2D eigenvalue weighted by atomic mass is 32.1. The predicted molar refractivity (Wildman–Crippen MR) is 86.3 cm³/mol. The van der Waals surface area contributed by atoms with Crippen molar-refractivity contribution in [1.29, 1.82) is 5.26 Å². The second-order valence-corrected chi connectivity index (χ2v) is 6.65. The molecule has 3 nitrogen and oxygen atoms in total. The highest BCUT2D eigenvalue weighted by Gasteiger charge is 2.10. The van der Waals surface area contributed by atoms with Crippen molar-refractivity contribution < 1.29 is 5.11 Å². The van der Waals surface area contributed by atoms with Gasteiger partial charge < -0.3 is 10.4 Å². The van der Waals surface area contributed by atoms with Gasteiger partial charge in [0.2, 0.25) is 0 Å². The second-order valence-electron chi connectivity index (χ2n) is 5.28. The van der Waals surface area contributed by atoms with Gasteiger partial charge in [-0.05, 0) is 50.1 Å². The quantitative estimate of drug-likeness (QED) is 0.861. The molecule has 1 aromatic heterocycles. The van der Waals surface area contributed by atoms with Gasteiger partial charge in [0.1, 0.15) is 0 Å². The van der Waals surface area contributed by atoms with E-state index in [2.05, 4.69) is 37.4 Å². The van der Waals surface area contributed by atoms with Crippen LogP contribution >= 0.6 is 11.3 Å². The Morgan fingerprint density at radius 3 is 2.52 bits per heavy atom. The Morgan fingerprint density at radius 2 is 1.95 bits per heavy atom. The molecule has 110 valence electrons. The third kappa shape index (κ3) is 4.68. The van der Waals surface area contributed by atoms with E-state index < -0.39 is 6.10 Å². The lowest BCUT2D eigenvalue weighted by Gasteiger charge is -2.17. The summed E-state index contributed by atoms with van der Waals surface area (Å²) in [5.74, 6) is 0. The molecule has 0 radical (unpaired) electrons. The fourth-order valence-electron chi connectivity index (χ4n) is 2.18. The summed E-state index contributed by atoms with van der Waals surface area (Å²) in [4.78, 5) is 2.69. The van der Waals surface area contributed by atoms with Crippen LogP contribution in [0.25, 0.3) is 0 Å². The van der Waals surface area contributed by atoms with E-state index in [9.17, 15) is 5.11 Å². The van der Waals surface area contributed by atoms with Crippen LogP contribution in [0, 0.1) is 18.3 Å². The van der Waals surface area contributed by atoms with Crippen LogP contribution in [0.2, 0.25) is 0 Å². The molecule has 2 atom stereocenters. The number of thiophene rings is 1. The van der Waals surface area contributed by atoms with Crippen LogP contribution < -0.4 is 5.32 Å². The van der Waals surface area contributed by atoms with Gasteiger partial charge in [-0.2, -0.15) is 5.26 Å². The van der Waals surface area contributed by atoms with E-state index in [1.165, 1.54) is 9.75 Å². The molecule has 0 saturated carbocycles. The van der Waals surface area contributed by atoms with Crippen molar-refractivity contribution in [3.05, 3.63) is 57.3 Å². The minimum atomic E-state index is -0.551. The van der Waals surface area contributed by atoms with Gasteiger partial charge in [0.15, 0.2) is 0 Å². The summed E-state index contributed by atoms with van der Waals surface area (Å²) in [5.41, 5.74) is 1.45. The number of benzene rings is 1. The molecule has 0 fully saturated rings. The van der Waals surface area contributed by atoms with Gasteiger partial charge in [-0.15, -0.1) is 11.3 Å². The van der Waals surface area contributed by atoms with Crippen molar-refractivity contribution in [3.8, 4) is 6.07 Å². The van der Waals surface area contributed by atoms with Crippen LogP contribution in [0.4, 0.5) is 0 Å². The molecule has 2 N–H and O–H groups in total. The Balaban J connectivity index is 1.82. The van der Waals surface area contributed by atoms with Crippen molar-refractivity contribution in [2.45, 2.75) is 32.4 Å². The zero-order chi connectivity index (χ0) is 15.2. The van der Waals surface area contributed by atoms with Crippen LogP contribution in [0.15, 0.2) is 36.4 Å². The molecule has 2 rings (SSSR count). The number of hydrogen-bond acceptors (Lipinski definition) is 4. The molecule has 4 heteroatoms. The Labute approximate surface area is 129 Å². The largest absolute Gasteiger partial charge is 0.387 e. The summed E-state index contributed by atoms with van der Waals surface area (Å²) in [5, 5.41) is 22.3. The molecule has 1 heterocycles. The minimum Gasteiger partial charge on any atom is -0.387 e. The lowest BCUT2D eigenvalue weighted by Crippen LogP contribution is -2.31.